The third kappa shape index (κ3) is 3.81. The molecule has 0 aliphatic rings. The number of nitro groups is 2. The normalized spacial score (nSPS) is 11.9. The zero-order chi connectivity index (χ0) is 23.2. The average molecular weight is 438 g/mol. The quantitative estimate of drug-likeness (QED) is 0.523. The number of nitrogens with zero attached hydrogens (tertiary/aromatic N) is 2. The lowest BCUT2D eigenvalue weighted by atomic mass is 9.84. The molecule has 12 heteroatoms. The first kappa shape index (κ1) is 22.7. The van der Waals surface area contributed by atoms with Crippen LogP contribution in [0.1, 0.15) is 42.3 Å². The van der Waals surface area contributed by atoms with Gasteiger partial charge in [0.15, 0.2) is 0 Å². The van der Waals surface area contributed by atoms with E-state index < -0.39 is 63.5 Å². The van der Waals surface area contributed by atoms with Crippen molar-refractivity contribution in [1.82, 2.24) is 0 Å². The molecule has 2 N–H and O–H groups in total. The number of rotatable bonds is 5. The molecule has 0 amide bonds. The van der Waals surface area contributed by atoms with Crippen LogP contribution in [0.5, 0.6) is 5.75 Å². The van der Waals surface area contributed by atoms with Gasteiger partial charge in [0.05, 0.1) is 20.8 Å². The van der Waals surface area contributed by atoms with Gasteiger partial charge in [-0.3, -0.25) is 20.2 Å². The monoisotopic (exact) mass is 438 g/mol. The van der Waals surface area contributed by atoms with Gasteiger partial charge >= 0.3 is 5.97 Å². The summed E-state index contributed by atoms with van der Waals surface area (Å²) < 4.78 is 26.6. The number of carboxylic acids is 1. The first-order valence-corrected chi connectivity index (χ1v) is 9.87. The van der Waals surface area contributed by atoms with E-state index >= 15 is 0 Å². The summed E-state index contributed by atoms with van der Waals surface area (Å²) in [5.74, 6) is -2.18. The molecule has 0 saturated carbocycles. The van der Waals surface area contributed by atoms with Crippen LogP contribution in [-0.2, 0) is 15.3 Å². The summed E-state index contributed by atoms with van der Waals surface area (Å²) in [5, 5.41) is 42.2. The van der Waals surface area contributed by atoms with Crippen molar-refractivity contribution in [3.05, 3.63) is 61.2 Å². The maximum Gasteiger partial charge on any atom is 0.339 e. The number of nitro benzene ring substituents is 2. The minimum absolute atomic E-state index is 0.00800. The Morgan fingerprint density at radius 2 is 1.60 bits per heavy atom. The van der Waals surface area contributed by atoms with Crippen molar-refractivity contribution in [2.24, 2.45) is 0 Å². The molecule has 0 heterocycles. The van der Waals surface area contributed by atoms with Gasteiger partial charge in [0.1, 0.15) is 16.2 Å². The van der Waals surface area contributed by atoms with Crippen LogP contribution in [0.25, 0.3) is 0 Å². The minimum Gasteiger partial charge on any atom is -0.507 e. The van der Waals surface area contributed by atoms with Crippen molar-refractivity contribution in [3.63, 3.8) is 0 Å². The highest BCUT2D eigenvalue weighted by atomic mass is 32.2. The van der Waals surface area contributed by atoms with Gasteiger partial charge in [-0.25, -0.2) is 13.2 Å². The van der Waals surface area contributed by atoms with Crippen molar-refractivity contribution in [2.45, 2.75) is 42.9 Å². The molecule has 160 valence electrons. The number of benzene rings is 2. The zero-order valence-corrected chi connectivity index (χ0v) is 17.2. The molecule has 0 radical (unpaired) electrons. The molecule has 0 aliphatic heterocycles. The number of carboxylic acid groups (broad SMARTS) is 1. The SMILES string of the molecule is Cc1c(S(=O)(=O)c2ccc([N+](=O)[O-])cc2[N+](=O)[O-])cc(C(C)(C)C)c(O)c1C(=O)O. The lowest BCUT2D eigenvalue weighted by Gasteiger charge is -2.24. The van der Waals surface area contributed by atoms with Crippen LogP contribution in [0.15, 0.2) is 34.1 Å². The topological polar surface area (TPSA) is 178 Å². The van der Waals surface area contributed by atoms with Crippen molar-refractivity contribution in [2.75, 3.05) is 0 Å². The molecule has 0 aliphatic carbocycles. The highest BCUT2D eigenvalue weighted by molar-refractivity contribution is 7.91. The van der Waals surface area contributed by atoms with Crippen LogP contribution in [0.2, 0.25) is 0 Å². The van der Waals surface area contributed by atoms with E-state index in [0.29, 0.717) is 6.07 Å². The Morgan fingerprint density at radius 1 is 1.03 bits per heavy atom. The smallest absolute Gasteiger partial charge is 0.339 e. The van der Waals surface area contributed by atoms with Crippen molar-refractivity contribution >= 4 is 27.2 Å². The van der Waals surface area contributed by atoms with Gasteiger partial charge in [-0.2, -0.15) is 0 Å². The predicted molar refractivity (Wildman–Crippen MR) is 104 cm³/mol. The molecule has 0 fully saturated rings. The van der Waals surface area contributed by atoms with Crippen molar-refractivity contribution in [1.29, 1.82) is 0 Å². The Morgan fingerprint density at radius 3 is 2.03 bits per heavy atom. The highest BCUT2D eigenvalue weighted by Crippen LogP contribution is 2.41. The van der Waals surface area contributed by atoms with E-state index in [9.17, 15) is 43.7 Å². The predicted octanol–water partition coefficient (Wildman–Crippen LogP) is 3.35. The Hall–Kier alpha value is -3.54. The fourth-order valence-electron chi connectivity index (χ4n) is 2.96. The lowest BCUT2D eigenvalue weighted by Crippen LogP contribution is -2.17. The molecule has 0 atom stereocenters. The summed E-state index contributed by atoms with van der Waals surface area (Å²) in [6.07, 6.45) is 0. The van der Waals surface area contributed by atoms with Crippen LogP contribution in [0, 0.1) is 27.2 Å². The Kier molecular flexibility index (Phi) is 5.59. The van der Waals surface area contributed by atoms with Gasteiger partial charge in [0, 0.05) is 11.6 Å². The minimum atomic E-state index is -4.68. The summed E-state index contributed by atoms with van der Waals surface area (Å²) in [6.45, 7) is 6.01. The van der Waals surface area contributed by atoms with Crippen LogP contribution < -0.4 is 0 Å². The van der Waals surface area contributed by atoms with Gasteiger partial charge in [0.2, 0.25) is 9.84 Å². The zero-order valence-electron chi connectivity index (χ0n) is 16.4. The Balaban J connectivity index is 2.97. The number of aromatic carboxylic acids is 1. The number of aromatic hydroxyl groups is 1. The molecule has 2 aromatic carbocycles. The van der Waals surface area contributed by atoms with Crippen molar-refractivity contribution < 1.29 is 33.3 Å². The molecule has 2 rings (SSSR count). The fraction of sp³-hybridized carbons (Fsp3) is 0.278. The fourth-order valence-corrected chi connectivity index (χ4v) is 4.63. The van der Waals surface area contributed by atoms with Crippen LogP contribution in [0.3, 0.4) is 0 Å². The number of hydrogen-bond donors (Lipinski definition) is 2. The molecule has 0 aromatic heterocycles. The Labute approximate surface area is 170 Å². The highest BCUT2D eigenvalue weighted by Gasteiger charge is 2.35. The molecule has 0 spiro atoms. The van der Waals surface area contributed by atoms with E-state index in [0.717, 1.165) is 25.1 Å². The Bertz CT molecular complexity index is 1200. The van der Waals surface area contributed by atoms with Gasteiger partial charge in [-0.1, -0.05) is 20.8 Å². The second kappa shape index (κ2) is 7.37. The van der Waals surface area contributed by atoms with E-state index in [1.165, 1.54) is 0 Å². The number of non-ortho nitro benzene ring substituents is 1. The largest absolute Gasteiger partial charge is 0.507 e. The molecule has 0 bridgehead atoms. The maximum atomic E-state index is 13.3. The number of hydrogen-bond acceptors (Lipinski definition) is 8. The van der Waals surface area contributed by atoms with E-state index in [1.54, 1.807) is 20.8 Å². The van der Waals surface area contributed by atoms with Gasteiger partial charge in [0.25, 0.3) is 11.4 Å². The van der Waals surface area contributed by atoms with E-state index in [-0.39, 0.29) is 11.1 Å². The molecule has 0 saturated heterocycles. The van der Waals surface area contributed by atoms with Gasteiger partial charge in [-0.05, 0) is 30.0 Å². The number of carbonyl (C=O) groups is 1. The summed E-state index contributed by atoms with van der Waals surface area (Å²) in [5.41, 5.74) is -3.52. The first-order chi connectivity index (χ1) is 13.6. The number of sulfone groups is 1. The third-order valence-corrected chi connectivity index (χ3v) is 6.39. The first-order valence-electron chi connectivity index (χ1n) is 8.39. The lowest BCUT2D eigenvalue weighted by molar-refractivity contribution is -0.396. The van der Waals surface area contributed by atoms with Gasteiger partial charge < -0.3 is 10.2 Å². The van der Waals surface area contributed by atoms with Crippen LogP contribution in [-0.4, -0.2) is 34.4 Å². The summed E-state index contributed by atoms with van der Waals surface area (Å²) in [7, 11) is -4.68. The van der Waals surface area contributed by atoms with Crippen molar-refractivity contribution in [3.8, 4) is 5.75 Å². The van der Waals surface area contributed by atoms with E-state index in [4.69, 9.17) is 0 Å². The van der Waals surface area contributed by atoms with Crippen LogP contribution in [0.4, 0.5) is 11.4 Å². The molecular formula is C18H18N2O9S. The summed E-state index contributed by atoms with van der Waals surface area (Å²) >= 11 is 0. The van der Waals surface area contributed by atoms with E-state index in [2.05, 4.69) is 0 Å². The molecule has 0 unspecified atom stereocenters. The molecule has 30 heavy (non-hydrogen) atoms. The molecule has 2 aromatic rings. The maximum absolute atomic E-state index is 13.3. The van der Waals surface area contributed by atoms with Gasteiger partial charge in [-0.15, -0.1) is 0 Å². The second-order valence-electron chi connectivity index (χ2n) is 7.50. The second-order valence-corrected chi connectivity index (χ2v) is 9.38. The third-order valence-electron chi connectivity index (χ3n) is 4.46. The van der Waals surface area contributed by atoms with E-state index in [1.807, 2.05) is 0 Å². The summed E-state index contributed by atoms with van der Waals surface area (Å²) in [4.78, 5) is 30.6. The van der Waals surface area contributed by atoms with Crippen LogP contribution >= 0.6 is 0 Å². The molecular weight excluding hydrogens is 420 g/mol. The molecule has 11 nitrogen and oxygen atoms in total. The summed E-state index contributed by atoms with van der Waals surface area (Å²) in [6, 6.07) is 3.12. The standard InChI is InChI=1S/C18H18N2O9S/c1-9-14(8-11(18(2,3)4)16(21)15(9)17(22)23)30(28,29)13-6-5-10(19(24)25)7-12(13)20(26)27/h5-8,21H,1-4H3,(H,22,23). The number of phenols is 1. The average Bonchev–Trinajstić information content (AvgIpc) is 2.59.